The van der Waals surface area contributed by atoms with E-state index < -0.39 is 6.09 Å². The lowest BCUT2D eigenvalue weighted by Gasteiger charge is -2.18. The first-order valence-corrected chi connectivity index (χ1v) is 9.55. The molecule has 4 rings (SSSR count). The molecule has 1 aliphatic heterocycles. The largest absolute Gasteiger partial charge is 0.489 e. The smallest absolute Gasteiger partial charge is 0.416 e. The number of cyclic esters (lactones) is 1. The number of benzene rings is 2. The molecule has 1 aliphatic rings. The predicted octanol–water partition coefficient (Wildman–Crippen LogP) is 3.34. The van der Waals surface area contributed by atoms with Crippen molar-refractivity contribution in [1.82, 2.24) is 10.1 Å². The second-order valence-corrected chi connectivity index (χ2v) is 6.94. The van der Waals surface area contributed by atoms with Gasteiger partial charge in [-0.15, -0.1) is 0 Å². The number of carbonyl (C=O) groups is 2. The van der Waals surface area contributed by atoms with Crippen LogP contribution in [0.1, 0.15) is 29.2 Å². The molecule has 8 nitrogen and oxygen atoms in total. The number of anilines is 1. The first-order chi connectivity index (χ1) is 14.6. The summed E-state index contributed by atoms with van der Waals surface area (Å²) in [5.74, 6) is 0.0228. The molecule has 1 unspecified atom stereocenters. The molecule has 1 saturated heterocycles. The molecular formula is C22H21N3O5. The number of nitrogen functional groups attached to an aromatic ring is 1. The van der Waals surface area contributed by atoms with Gasteiger partial charge in [-0.05, 0) is 35.4 Å². The minimum absolute atomic E-state index is 0.0745. The van der Waals surface area contributed by atoms with Gasteiger partial charge in [0.15, 0.2) is 0 Å². The third-order valence-corrected chi connectivity index (χ3v) is 4.89. The van der Waals surface area contributed by atoms with Crippen LogP contribution in [0.3, 0.4) is 0 Å². The van der Waals surface area contributed by atoms with E-state index in [1.165, 1.54) is 6.26 Å². The Bertz CT molecular complexity index is 1020. The molecule has 0 aliphatic carbocycles. The van der Waals surface area contributed by atoms with Crippen molar-refractivity contribution in [1.29, 1.82) is 0 Å². The second kappa shape index (κ2) is 8.69. The van der Waals surface area contributed by atoms with E-state index in [1.54, 1.807) is 6.07 Å². The fourth-order valence-electron chi connectivity index (χ4n) is 3.35. The Balaban J connectivity index is 1.47. The number of nitrogens with zero attached hydrogens (tertiary/aromatic N) is 2. The van der Waals surface area contributed by atoms with E-state index in [0.29, 0.717) is 23.7 Å². The Morgan fingerprint density at radius 2 is 2.03 bits per heavy atom. The molecule has 2 heterocycles. The number of nitrogens with two attached hydrogens (primary N) is 1. The van der Waals surface area contributed by atoms with Crippen LogP contribution in [0.25, 0.3) is 0 Å². The van der Waals surface area contributed by atoms with E-state index in [9.17, 15) is 9.59 Å². The average molecular weight is 407 g/mol. The minimum atomic E-state index is -0.607. The van der Waals surface area contributed by atoms with Gasteiger partial charge in [0.1, 0.15) is 25.2 Å². The maximum absolute atomic E-state index is 12.6. The molecule has 0 radical (unpaired) electrons. The standard InChI is InChI=1S/C22H21N3O5/c23-17-3-1-2-15(12-17)14-29-18-6-4-16(5-7-18)19(20-8-10-30-24-20)13-21(26)25-9-11-28-22(25)27/h1-8,10,12,19H,9,11,13-14,23H2. The Labute approximate surface area is 173 Å². The lowest BCUT2D eigenvalue weighted by atomic mass is 9.92. The molecular weight excluding hydrogens is 386 g/mol. The van der Waals surface area contributed by atoms with Gasteiger partial charge in [-0.3, -0.25) is 4.79 Å². The van der Waals surface area contributed by atoms with Crippen LogP contribution in [0.15, 0.2) is 65.4 Å². The topological polar surface area (TPSA) is 108 Å². The highest BCUT2D eigenvalue weighted by molar-refractivity contribution is 5.93. The van der Waals surface area contributed by atoms with Crippen LogP contribution >= 0.6 is 0 Å². The van der Waals surface area contributed by atoms with Gasteiger partial charge >= 0.3 is 6.09 Å². The van der Waals surface area contributed by atoms with Gasteiger partial charge in [0, 0.05) is 24.1 Å². The third kappa shape index (κ3) is 4.43. The number of hydrogen-bond acceptors (Lipinski definition) is 7. The summed E-state index contributed by atoms with van der Waals surface area (Å²) >= 11 is 0. The van der Waals surface area contributed by atoms with E-state index in [4.69, 9.17) is 19.7 Å². The van der Waals surface area contributed by atoms with Crippen LogP contribution in [-0.2, 0) is 16.1 Å². The van der Waals surface area contributed by atoms with Crippen molar-refractivity contribution in [2.75, 3.05) is 18.9 Å². The highest BCUT2D eigenvalue weighted by atomic mass is 16.6. The lowest BCUT2D eigenvalue weighted by molar-refractivity contribution is -0.128. The molecule has 2 N–H and O–H groups in total. The van der Waals surface area contributed by atoms with Crippen LogP contribution in [0.4, 0.5) is 10.5 Å². The van der Waals surface area contributed by atoms with E-state index in [0.717, 1.165) is 16.0 Å². The summed E-state index contributed by atoms with van der Waals surface area (Å²) in [5, 5.41) is 3.99. The second-order valence-electron chi connectivity index (χ2n) is 6.94. The van der Waals surface area contributed by atoms with Gasteiger partial charge < -0.3 is 19.7 Å². The SMILES string of the molecule is Nc1cccc(COc2ccc(C(CC(=O)N3CCOC3=O)c3ccon3)cc2)c1. The number of ether oxygens (including phenoxy) is 2. The number of amides is 2. The summed E-state index contributed by atoms with van der Waals surface area (Å²) in [7, 11) is 0. The fraction of sp³-hybridized carbons (Fsp3) is 0.227. The number of carbonyl (C=O) groups excluding carboxylic acids is 2. The zero-order valence-corrected chi connectivity index (χ0v) is 16.2. The quantitative estimate of drug-likeness (QED) is 0.599. The van der Waals surface area contributed by atoms with Crippen molar-refractivity contribution in [3.63, 3.8) is 0 Å². The Morgan fingerprint density at radius 3 is 2.70 bits per heavy atom. The zero-order chi connectivity index (χ0) is 20.9. The average Bonchev–Trinajstić information content (AvgIpc) is 3.43. The molecule has 3 aromatic rings. The molecule has 0 saturated carbocycles. The van der Waals surface area contributed by atoms with Crippen LogP contribution in [0.5, 0.6) is 5.75 Å². The molecule has 1 fully saturated rings. The van der Waals surface area contributed by atoms with Crippen LogP contribution in [0, 0.1) is 0 Å². The van der Waals surface area contributed by atoms with Gasteiger partial charge in [0.25, 0.3) is 0 Å². The minimum Gasteiger partial charge on any atom is -0.489 e. The van der Waals surface area contributed by atoms with Gasteiger partial charge in [-0.1, -0.05) is 29.4 Å². The van der Waals surface area contributed by atoms with Gasteiger partial charge in [-0.2, -0.15) is 0 Å². The predicted molar refractivity (Wildman–Crippen MR) is 108 cm³/mol. The molecule has 2 amide bonds. The van der Waals surface area contributed by atoms with Crippen molar-refractivity contribution in [2.45, 2.75) is 18.9 Å². The highest BCUT2D eigenvalue weighted by Crippen LogP contribution is 2.30. The highest BCUT2D eigenvalue weighted by Gasteiger charge is 2.31. The van der Waals surface area contributed by atoms with Crippen molar-refractivity contribution in [3.8, 4) is 5.75 Å². The van der Waals surface area contributed by atoms with Crippen molar-refractivity contribution < 1.29 is 23.6 Å². The van der Waals surface area contributed by atoms with Crippen LogP contribution in [-0.4, -0.2) is 35.2 Å². The van der Waals surface area contributed by atoms with E-state index in [1.807, 2.05) is 48.5 Å². The fourth-order valence-corrected chi connectivity index (χ4v) is 3.35. The molecule has 2 aromatic carbocycles. The lowest BCUT2D eigenvalue weighted by Crippen LogP contribution is -2.32. The Hall–Kier alpha value is -3.81. The molecule has 0 bridgehead atoms. The Kier molecular flexibility index (Phi) is 5.65. The third-order valence-electron chi connectivity index (χ3n) is 4.89. The summed E-state index contributed by atoms with van der Waals surface area (Å²) in [5.41, 5.74) is 8.93. The van der Waals surface area contributed by atoms with Gasteiger partial charge in [0.2, 0.25) is 5.91 Å². The van der Waals surface area contributed by atoms with Crippen LogP contribution in [0.2, 0.25) is 0 Å². The zero-order valence-electron chi connectivity index (χ0n) is 16.2. The first-order valence-electron chi connectivity index (χ1n) is 9.55. The van der Waals surface area contributed by atoms with E-state index in [-0.39, 0.29) is 31.4 Å². The molecule has 1 aromatic heterocycles. The maximum atomic E-state index is 12.6. The number of imide groups is 1. The molecule has 1 atom stereocenters. The molecule has 30 heavy (non-hydrogen) atoms. The number of rotatable bonds is 7. The number of hydrogen-bond donors (Lipinski definition) is 1. The monoisotopic (exact) mass is 407 g/mol. The van der Waals surface area contributed by atoms with Crippen molar-refractivity contribution in [2.24, 2.45) is 0 Å². The summed E-state index contributed by atoms with van der Waals surface area (Å²) in [4.78, 5) is 25.4. The van der Waals surface area contributed by atoms with Gasteiger partial charge in [0.05, 0.1) is 12.2 Å². The van der Waals surface area contributed by atoms with E-state index >= 15 is 0 Å². The van der Waals surface area contributed by atoms with Gasteiger partial charge in [-0.25, -0.2) is 9.69 Å². The van der Waals surface area contributed by atoms with Crippen LogP contribution < -0.4 is 10.5 Å². The van der Waals surface area contributed by atoms with E-state index in [2.05, 4.69) is 5.16 Å². The molecule has 0 spiro atoms. The summed E-state index contributed by atoms with van der Waals surface area (Å²) in [6.07, 6.45) is 0.926. The Morgan fingerprint density at radius 1 is 1.20 bits per heavy atom. The van der Waals surface area contributed by atoms with Crippen molar-refractivity contribution in [3.05, 3.63) is 77.7 Å². The summed E-state index contributed by atoms with van der Waals surface area (Å²) < 4.78 is 15.6. The normalized spacial score (nSPS) is 14.4. The number of aromatic nitrogens is 1. The van der Waals surface area contributed by atoms with Crippen molar-refractivity contribution >= 4 is 17.7 Å². The summed E-state index contributed by atoms with van der Waals surface area (Å²) in [6.45, 7) is 0.880. The first kappa shape index (κ1) is 19.5. The maximum Gasteiger partial charge on any atom is 0.416 e. The summed E-state index contributed by atoms with van der Waals surface area (Å²) in [6, 6.07) is 16.7. The molecule has 154 valence electrons. The molecule has 8 heteroatoms.